The number of methoxy groups -OCH3 is 3. The first-order chi connectivity index (χ1) is 13.2. The Morgan fingerprint density at radius 3 is 2.48 bits per heavy atom. The van der Waals surface area contributed by atoms with Crippen LogP contribution in [-0.4, -0.2) is 37.7 Å². The molecule has 1 aromatic heterocycles. The molecular formula is C21H23N3O3. The monoisotopic (exact) mass is 365 g/mol. The standard InChI is InChI=1S/C21H23N3O3/c1-25-19-5-4-15(12-21(19)27-3)17-7-9-24(23-17)18-10-16-13-22-8-6-14(16)11-20(18)26-2/h4-5,7,9-12,22H,6,8,13H2,1-3H3. The fourth-order valence-corrected chi connectivity index (χ4v) is 3.45. The Kier molecular flexibility index (Phi) is 4.73. The molecule has 0 fully saturated rings. The topological polar surface area (TPSA) is 57.5 Å². The SMILES string of the molecule is COc1ccc(-c2ccn(-c3cc4c(cc3OC)CCNC4)n2)cc1OC. The van der Waals surface area contributed by atoms with Crippen LogP contribution < -0.4 is 19.5 Å². The molecular weight excluding hydrogens is 342 g/mol. The second kappa shape index (κ2) is 7.32. The van der Waals surface area contributed by atoms with E-state index in [4.69, 9.17) is 19.3 Å². The van der Waals surface area contributed by atoms with Crippen molar-refractivity contribution in [3.8, 4) is 34.2 Å². The highest BCUT2D eigenvalue weighted by Crippen LogP contribution is 2.33. The highest BCUT2D eigenvalue weighted by atomic mass is 16.5. The van der Waals surface area contributed by atoms with Crippen LogP contribution in [0, 0.1) is 0 Å². The molecule has 0 bridgehead atoms. The van der Waals surface area contributed by atoms with Gasteiger partial charge in [-0.15, -0.1) is 0 Å². The van der Waals surface area contributed by atoms with Crippen LogP contribution in [0.25, 0.3) is 16.9 Å². The average molecular weight is 365 g/mol. The summed E-state index contributed by atoms with van der Waals surface area (Å²) in [7, 11) is 4.96. The van der Waals surface area contributed by atoms with Gasteiger partial charge in [-0.25, -0.2) is 4.68 Å². The van der Waals surface area contributed by atoms with Crippen LogP contribution in [0.4, 0.5) is 0 Å². The van der Waals surface area contributed by atoms with Crippen molar-refractivity contribution < 1.29 is 14.2 Å². The second-order valence-corrected chi connectivity index (χ2v) is 6.43. The molecule has 140 valence electrons. The first kappa shape index (κ1) is 17.4. The molecule has 0 saturated heterocycles. The number of hydrogen-bond donors (Lipinski definition) is 1. The Balaban J connectivity index is 1.73. The van der Waals surface area contributed by atoms with Crippen molar-refractivity contribution in [3.63, 3.8) is 0 Å². The van der Waals surface area contributed by atoms with E-state index in [0.29, 0.717) is 11.5 Å². The van der Waals surface area contributed by atoms with E-state index < -0.39 is 0 Å². The van der Waals surface area contributed by atoms with Crippen LogP contribution in [0.1, 0.15) is 11.1 Å². The van der Waals surface area contributed by atoms with E-state index in [1.54, 1.807) is 21.3 Å². The number of fused-ring (bicyclic) bond motifs is 1. The summed E-state index contributed by atoms with van der Waals surface area (Å²) in [6.45, 7) is 1.87. The minimum atomic E-state index is 0.682. The minimum Gasteiger partial charge on any atom is -0.494 e. The van der Waals surface area contributed by atoms with E-state index in [0.717, 1.165) is 42.2 Å². The molecule has 1 aliphatic rings. The summed E-state index contributed by atoms with van der Waals surface area (Å²) in [6.07, 6.45) is 2.97. The van der Waals surface area contributed by atoms with E-state index in [1.807, 2.05) is 35.1 Å². The van der Waals surface area contributed by atoms with Gasteiger partial charge in [0.2, 0.25) is 0 Å². The lowest BCUT2D eigenvalue weighted by Gasteiger charge is -2.20. The van der Waals surface area contributed by atoms with Gasteiger partial charge in [-0.1, -0.05) is 0 Å². The first-order valence-corrected chi connectivity index (χ1v) is 8.92. The molecule has 0 unspecified atom stereocenters. The Hall–Kier alpha value is -2.99. The van der Waals surface area contributed by atoms with Crippen molar-refractivity contribution in [2.24, 2.45) is 0 Å². The highest BCUT2D eigenvalue weighted by molar-refractivity contribution is 5.64. The molecule has 6 nitrogen and oxygen atoms in total. The summed E-state index contributed by atoms with van der Waals surface area (Å²) in [5, 5.41) is 8.17. The predicted molar refractivity (Wildman–Crippen MR) is 104 cm³/mol. The lowest BCUT2D eigenvalue weighted by Crippen LogP contribution is -2.24. The Morgan fingerprint density at radius 1 is 0.889 bits per heavy atom. The number of hydrogen-bond acceptors (Lipinski definition) is 5. The number of rotatable bonds is 5. The maximum atomic E-state index is 5.63. The number of nitrogens with one attached hydrogen (secondary N) is 1. The van der Waals surface area contributed by atoms with Crippen molar-refractivity contribution in [2.75, 3.05) is 27.9 Å². The highest BCUT2D eigenvalue weighted by Gasteiger charge is 2.16. The van der Waals surface area contributed by atoms with Crippen molar-refractivity contribution in [2.45, 2.75) is 13.0 Å². The van der Waals surface area contributed by atoms with E-state index in [1.165, 1.54) is 11.1 Å². The summed E-state index contributed by atoms with van der Waals surface area (Å²) in [5.74, 6) is 2.21. The smallest absolute Gasteiger partial charge is 0.161 e. The van der Waals surface area contributed by atoms with Crippen LogP contribution in [0.2, 0.25) is 0 Å². The molecule has 6 heteroatoms. The third-order valence-corrected chi connectivity index (χ3v) is 4.90. The summed E-state index contributed by atoms with van der Waals surface area (Å²) < 4.78 is 18.2. The van der Waals surface area contributed by atoms with Gasteiger partial charge in [0.25, 0.3) is 0 Å². The van der Waals surface area contributed by atoms with Crippen molar-refractivity contribution in [3.05, 3.63) is 53.7 Å². The average Bonchev–Trinajstić information content (AvgIpc) is 3.22. The zero-order valence-electron chi connectivity index (χ0n) is 15.8. The molecule has 0 amide bonds. The number of nitrogens with zero attached hydrogens (tertiary/aromatic N) is 2. The van der Waals surface area contributed by atoms with Gasteiger partial charge >= 0.3 is 0 Å². The van der Waals surface area contributed by atoms with E-state index in [9.17, 15) is 0 Å². The molecule has 4 rings (SSSR count). The molecule has 2 aromatic carbocycles. The van der Waals surface area contributed by atoms with Gasteiger partial charge in [-0.3, -0.25) is 0 Å². The van der Waals surface area contributed by atoms with Gasteiger partial charge in [-0.05, 0) is 60.5 Å². The van der Waals surface area contributed by atoms with Crippen LogP contribution in [0.3, 0.4) is 0 Å². The molecule has 0 radical (unpaired) electrons. The summed E-state index contributed by atoms with van der Waals surface area (Å²) >= 11 is 0. The molecule has 1 N–H and O–H groups in total. The third-order valence-electron chi connectivity index (χ3n) is 4.90. The van der Waals surface area contributed by atoms with E-state index >= 15 is 0 Å². The van der Waals surface area contributed by atoms with Crippen LogP contribution in [0.5, 0.6) is 17.2 Å². The van der Waals surface area contributed by atoms with Gasteiger partial charge in [0, 0.05) is 18.3 Å². The number of benzene rings is 2. The maximum absolute atomic E-state index is 5.63. The Labute approximate surface area is 158 Å². The number of aromatic nitrogens is 2. The largest absolute Gasteiger partial charge is 0.494 e. The summed E-state index contributed by atoms with van der Waals surface area (Å²) in [6, 6.07) is 12.1. The fourth-order valence-electron chi connectivity index (χ4n) is 3.45. The summed E-state index contributed by atoms with van der Waals surface area (Å²) in [5.41, 5.74) is 5.38. The molecule has 27 heavy (non-hydrogen) atoms. The third kappa shape index (κ3) is 3.24. The maximum Gasteiger partial charge on any atom is 0.161 e. The first-order valence-electron chi connectivity index (χ1n) is 8.92. The van der Waals surface area contributed by atoms with Crippen molar-refractivity contribution >= 4 is 0 Å². The molecule has 0 aliphatic carbocycles. The second-order valence-electron chi connectivity index (χ2n) is 6.43. The van der Waals surface area contributed by atoms with Crippen LogP contribution in [0.15, 0.2) is 42.6 Å². The molecule has 2 heterocycles. The Morgan fingerprint density at radius 2 is 1.70 bits per heavy atom. The predicted octanol–water partition coefficient (Wildman–Crippen LogP) is 3.21. The van der Waals surface area contributed by atoms with Gasteiger partial charge in [0.15, 0.2) is 11.5 Å². The summed E-state index contributed by atoms with van der Waals surface area (Å²) in [4.78, 5) is 0. The lowest BCUT2D eigenvalue weighted by atomic mass is 10.00. The van der Waals surface area contributed by atoms with Crippen molar-refractivity contribution in [1.82, 2.24) is 15.1 Å². The molecule has 0 spiro atoms. The normalized spacial score (nSPS) is 13.1. The van der Waals surface area contributed by atoms with Crippen molar-refractivity contribution in [1.29, 1.82) is 0 Å². The van der Waals surface area contributed by atoms with Gasteiger partial charge in [-0.2, -0.15) is 5.10 Å². The zero-order valence-corrected chi connectivity index (χ0v) is 15.8. The van der Waals surface area contributed by atoms with E-state index in [2.05, 4.69) is 17.4 Å². The molecule has 0 saturated carbocycles. The van der Waals surface area contributed by atoms with Crippen LogP contribution in [-0.2, 0) is 13.0 Å². The Bertz CT molecular complexity index is 965. The zero-order chi connectivity index (χ0) is 18.8. The quantitative estimate of drug-likeness (QED) is 0.752. The van der Waals surface area contributed by atoms with Gasteiger partial charge in [0.05, 0.1) is 27.0 Å². The molecule has 1 aliphatic heterocycles. The van der Waals surface area contributed by atoms with Crippen LogP contribution >= 0.6 is 0 Å². The van der Waals surface area contributed by atoms with Gasteiger partial charge in [0.1, 0.15) is 11.4 Å². The van der Waals surface area contributed by atoms with E-state index in [-0.39, 0.29) is 0 Å². The van der Waals surface area contributed by atoms with Gasteiger partial charge < -0.3 is 19.5 Å². The molecule has 3 aromatic rings. The lowest BCUT2D eigenvalue weighted by molar-refractivity contribution is 0.355. The fraction of sp³-hybridized carbons (Fsp3) is 0.286. The molecule has 0 atom stereocenters. The number of ether oxygens (including phenoxy) is 3. The minimum absolute atomic E-state index is 0.682.